The first-order valence-electron chi connectivity index (χ1n) is 9.82. The predicted octanol–water partition coefficient (Wildman–Crippen LogP) is 1.67. The molecule has 1 aromatic rings. The van der Waals surface area contributed by atoms with E-state index in [1.165, 1.54) is 5.56 Å². The van der Waals surface area contributed by atoms with Crippen LogP contribution in [0.25, 0.3) is 0 Å². The summed E-state index contributed by atoms with van der Waals surface area (Å²) in [4.78, 5) is 17.1. The van der Waals surface area contributed by atoms with Crippen molar-refractivity contribution >= 4 is 6.03 Å². The summed E-state index contributed by atoms with van der Waals surface area (Å²) in [5.74, 6) is 0. The van der Waals surface area contributed by atoms with E-state index in [1.54, 1.807) is 0 Å². The Morgan fingerprint density at radius 2 is 1.77 bits per heavy atom. The molecule has 1 atom stereocenters. The highest BCUT2D eigenvalue weighted by Gasteiger charge is 2.20. The number of piperazine rings is 1. The number of carbonyl (C=O) groups excluding carboxylic acids is 1. The fraction of sp³-hybridized carbons (Fsp3) is 0.650. The van der Waals surface area contributed by atoms with Crippen molar-refractivity contribution in [2.75, 3.05) is 45.9 Å². The standard InChI is InChI=1S/C20H32N4O2/c1-17(21-20(25)22-19-7-13-26-14-8-19)15-23-9-11-24(12-10-23)16-18-5-3-2-4-6-18/h2-6,17,19H,7-16H2,1H3,(H2,21,22,25). The normalized spacial score (nSPS) is 21.3. The number of nitrogens with zero attached hydrogens (tertiary/aromatic N) is 2. The summed E-state index contributed by atoms with van der Waals surface area (Å²) >= 11 is 0. The molecule has 144 valence electrons. The molecule has 2 aliphatic heterocycles. The van der Waals surface area contributed by atoms with Crippen molar-refractivity contribution in [1.29, 1.82) is 0 Å². The van der Waals surface area contributed by atoms with Gasteiger partial charge in [-0.3, -0.25) is 9.80 Å². The van der Waals surface area contributed by atoms with Crippen LogP contribution in [-0.4, -0.2) is 73.9 Å². The zero-order valence-corrected chi connectivity index (χ0v) is 15.8. The summed E-state index contributed by atoms with van der Waals surface area (Å²) in [6.45, 7) is 9.77. The van der Waals surface area contributed by atoms with Crippen LogP contribution in [0.3, 0.4) is 0 Å². The van der Waals surface area contributed by atoms with Crippen molar-refractivity contribution in [1.82, 2.24) is 20.4 Å². The van der Waals surface area contributed by atoms with Gasteiger partial charge in [-0.1, -0.05) is 30.3 Å². The van der Waals surface area contributed by atoms with Crippen molar-refractivity contribution in [3.63, 3.8) is 0 Å². The minimum Gasteiger partial charge on any atom is -0.381 e. The third-order valence-corrected chi connectivity index (χ3v) is 5.18. The molecule has 2 aliphatic rings. The SMILES string of the molecule is CC(CN1CCN(Cc2ccccc2)CC1)NC(=O)NC1CCOCC1. The molecule has 0 aromatic heterocycles. The van der Waals surface area contributed by atoms with Gasteiger partial charge < -0.3 is 15.4 Å². The van der Waals surface area contributed by atoms with Gasteiger partial charge in [-0.05, 0) is 25.3 Å². The van der Waals surface area contributed by atoms with Gasteiger partial charge in [0, 0.05) is 64.6 Å². The van der Waals surface area contributed by atoms with Crippen LogP contribution >= 0.6 is 0 Å². The van der Waals surface area contributed by atoms with Gasteiger partial charge in [0.25, 0.3) is 0 Å². The Morgan fingerprint density at radius 1 is 1.12 bits per heavy atom. The molecule has 2 fully saturated rings. The average Bonchev–Trinajstić information content (AvgIpc) is 2.65. The Bertz CT molecular complexity index is 540. The van der Waals surface area contributed by atoms with E-state index in [2.05, 4.69) is 57.7 Å². The number of urea groups is 1. The molecule has 2 saturated heterocycles. The molecule has 0 bridgehead atoms. The van der Waals surface area contributed by atoms with Crippen LogP contribution < -0.4 is 10.6 Å². The summed E-state index contributed by atoms with van der Waals surface area (Å²) in [6.07, 6.45) is 1.82. The highest BCUT2D eigenvalue weighted by Crippen LogP contribution is 2.09. The fourth-order valence-electron chi connectivity index (χ4n) is 3.70. The van der Waals surface area contributed by atoms with Crippen LogP contribution in [0.15, 0.2) is 30.3 Å². The number of ether oxygens (including phenoxy) is 1. The molecule has 0 saturated carbocycles. The average molecular weight is 361 g/mol. The largest absolute Gasteiger partial charge is 0.381 e. The van der Waals surface area contributed by atoms with Crippen molar-refractivity contribution in [2.24, 2.45) is 0 Å². The number of benzene rings is 1. The fourth-order valence-corrected chi connectivity index (χ4v) is 3.70. The molecule has 2 amide bonds. The Balaban J connectivity index is 1.32. The first kappa shape index (κ1) is 19.1. The maximum Gasteiger partial charge on any atom is 0.315 e. The van der Waals surface area contributed by atoms with Gasteiger partial charge in [-0.2, -0.15) is 0 Å². The number of carbonyl (C=O) groups is 1. The molecule has 2 heterocycles. The molecule has 2 N–H and O–H groups in total. The molecule has 1 aromatic carbocycles. The maximum atomic E-state index is 12.1. The second-order valence-electron chi connectivity index (χ2n) is 7.47. The Labute approximate surface area is 156 Å². The molecule has 0 spiro atoms. The van der Waals surface area contributed by atoms with Crippen molar-refractivity contribution in [3.8, 4) is 0 Å². The lowest BCUT2D eigenvalue weighted by molar-refractivity contribution is 0.0797. The van der Waals surface area contributed by atoms with E-state index in [1.807, 2.05) is 0 Å². The van der Waals surface area contributed by atoms with E-state index in [0.717, 1.165) is 65.3 Å². The van der Waals surface area contributed by atoms with E-state index >= 15 is 0 Å². The molecule has 0 aliphatic carbocycles. The van der Waals surface area contributed by atoms with Gasteiger partial charge in [-0.25, -0.2) is 4.79 Å². The Hall–Kier alpha value is -1.63. The van der Waals surface area contributed by atoms with E-state index in [4.69, 9.17) is 4.74 Å². The van der Waals surface area contributed by atoms with Crippen molar-refractivity contribution < 1.29 is 9.53 Å². The Morgan fingerprint density at radius 3 is 2.46 bits per heavy atom. The quantitative estimate of drug-likeness (QED) is 0.810. The van der Waals surface area contributed by atoms with Gasteiger partial charge in [-0.15, -0.1) is 0 Å². The first-order valence-corrected chi connectivity index (χ1v) is 9.82. The number of hydrogen-bond donors (Lipinski definition) is 2. The summed E-state index contributed by atoms with van der Waals surface area (Å²) < 4.78 is 5.33. The van der Waals surface area contributed by atoms with Crippen LogP contribution in [0.5, 0.6) is 0 Å². The highest BCUT2D eigenvalue weighted by molar-refractivity contribution is 5.74. The van der Waals surface area contributed by atoms with Crippen LogP contribution in [0.1, 0.15) is 25.3 Å². The van der Waals surface area contributed by atoms with E-state index in [9.17, 15) is 4.79 Å². The van der Waals surface area contributed by atoms with Gasteiger partial charge in [0.1, 0.15) is 0 Å². The number of rotatable bonds is 6. The third kappa shape index (κ3) is 6.27. The predicted molar refractivity (Wildman–Crippen MR) is 103 cm³/mol. The van der Waals surface area contributed by atoms with Gasteiger partial charge in [0.05, 0.1) is 0 Å². The molecule has 26 heavy (non-hydrogen) atoms. The van der Waals surface area contributed by atoms with Gasteiger partial charge >= 0.3 is 6.03 Å². The summed E-state index contributed by atoms with van der Waals surface area (Å²) in [6, 6.07) is 11.0. The number of amides is 2. The van der Waals surface area contributed by atoms with Crippen molar-refractivity contribution in [3.05, 3.63) is 35.9 Å². The minimum atomic E-state index is -0.0490. The molecule has 6 nitrogen and oxygen atoms in total. The summed E-state index contributed by atoms with van der Waals surface area (Å²) in [5.41, 5.74) is 1.38. The van der Waals surface area contributed by atoms with Crippen LogP contribution in [0, 0.1) is 0 Å². The second-order valence-corrected chi connectivity index (χ2v) is 7.47. The zero-order chi connectivity index (χ0) is 18.2. The molecule has 0 radical (unpaired) electrons. The van der Waals surface area contributed by atoms with Crippen LogP contribution in [0.4, 0.5) is 4.79 Å². The monoisotopic (exact) mass is 360 g/mol. The molecule has 6 heteroatoms. The highest BCUT2D eigenvalue weighted by atomic mass is 16.5. The lowest BCUT2D eigenvalue weighted by atomic mass is 10.1. The van der Waals surface area contributed by atoms with Gasteiger partial charge in [0.15, 0.2) is 0 Å². The second kappa shape index (κ2) is 9.90. The lowest BCUT2D eigenvalue weighted by Gasteiger charge is -2.36. The van der Waals surface area contributed by atoms with Crippen LogP contribution in [0.2, 0.25) is 0 Å². The number of hydrogen-bond acceptors (Lipinski definition) is 4. The van der Waals surface area contributed by atoms with E-state index in [0.29, 0.717) is 0 Å². The zero-order valence-electron chi connectivity index (χ0n) is 15.8. The first-order chi connectivity index (χ1) is 12.7. The van der Waals surface area contributed by atoms with Crippen molar-refractivity contribution in [2.45, 2.75) is 38.4 Å². The smallest absolute Gasteiger partial charge is 0.315 e. The molecular formula is C20H32N4O2. The van der Waals surface area contributed by atoms with Gasteiger partial charge in [0.2, 0.25) is 0 Å². The molecule has 1 unspecified atom stereocenters. The Kier molecular flexibility index (Phi) is 7.29. The topological polar surface area (TPSA) is 56.8 Å². The summed E-state index contributed by atoms with van der Waals surface area (Å²) in [5, 5.41) is 6.14. The summed E-state index contributed by atoms with van der Waals surface area (Å²) in [7, 11) is 0. The third-order valence-electron chi connectivity index (χ3n) is 5.18. The minimum absolute atomic E-state index is 0.0490. The molecule has 3 rings (SSSR count). The van der Waals surface area contributed by atoms with E-state index in [-0.39, 0.29) is 18.1 Å². The maximum absolute atomic E-state index is 12.1. The molecular weight excluding hydrogens is 328 g/mol. The van der Waals surface area contributed by atoms with E-state index < -0.39 is 0 Å². The van der Waals surface area contributed by atoms with Crippen LogP contribution in [-0.2, 0) is 11.3 Å². The number of nitrogens with one attached hydrogen (secondary N) is 2. The lowest BCUT2D eigenvalue weighted by Crippen LogP contribution is -2.53.